The quantitative estimate of drug-likeness (QED) is 0.205. The van der Waals surface area contributed by atoms with Gasteiger partial charge in [-0.3, -0.25) is 19.5 Å². The summed E-state index contributed by atoms with van der Waals surface area (Å²) in [5.74, 6) is 0.967. The molecule has 0 atom stereocenters. The van der Waals surface area contributed by atoms with Gasteiger partial charge in [-0.25, -0.2) is 0 Å². The summed E-state index contributed by atoms with van der Waals surface area (Å²) in [6.45, 7) is 11.9. The predicted molar refractivity (Wildman–Crippen MR) is 125 cm³/mol. The maximum Gasteiger partial charge on any atom is 0.236 e. The van der Waals surface area contributed by atoms with E-state index in [1.807, 2.05) is 27.7 Å². The number of halogens is 1. The summed E-state index contributed by atoms with van der Waals surface area (Å²) in [6, 6.07) is 0.345. The molecule has 0 unspecified atom stereocenters. The molecule has 0 aromatic heterocycles. The molecule has 3 N–H and O–H groups in total. The van der Waals surface area contributed by atoms with Gasteiger partial charge < -0.3 is 20.9 Å². The molecular weight excluding hydrogens is 471 g/mol. The lowest BCUT2D eigenvalue weighted by molar-refractivity contribution is -0.130. The van der Waals surface area contributed by atoms with Gasteiger partial charge in [-0.05, 0) is 19.8 Å². The van der Waals surface area contributed by atoms with Crippen LogP contribution in [-0.2, 0) is 9.59 Å². The molecule has 0 aliphatic carbocycles. The number of hydrogen-bond acceptors (Lipinski definition) is 4. The number of hydrogen-bond donors (Lipinski definition) is 3. The topological polar surface area (TPSA) is 89.1 Å². The van der Waals surface area contributed by atoms with Gasteiger partial charge in [0.1, 0.15) is 0 Å². The average molecular weight is 510 g/mol. The molecule has 0 spiro atoms. The Bertz CT molecular complexity index is 511. The minimum absolute atomic E-state index is 0. The third-order valence-electron chi connectivity index (χ3n) is 4.48. The van der Waals surface area contributed by atoms with Crippen molar-refractivity contribution in [3.63, 3.8) is 0 Å². The first-order chi connectivity index (χ1) is 12.6. The van der Waals surface area contributed by atoms with Crippen molar-refractivity contribution < 1.29 is 9.59 Å². The summed E-state index contributed by atoms with van der Waals surface area (Å²) in [5, 5.41) is 9.65. The molecule has 8 nitrogen and oxygen atoms in total. The normalized spacial score (nSPS) is 16.1. The van der Waals surface area contributed by atoms with Gasteiger partial charge in [0.2, 0.25) is 11.8 Å². The molecule has 0 bridgehead atoms. The lowest BCUT2D eigenvalue weighted by Crippen LogP contribution is -2.50. The lowest BCUT2D eigenvalue weighted by atomic mass is 9.96. The van der Waals surface area contributed by atoms with E-state index in [0.717, 1.165) is 38.4 Å². The summed E-state index contributed by atoms with van der Waals surface area (Å²) in [5.41, 5.74) is -0.381. The highest BCUT2D eigenvalue weighted by molar-refractivity contribution is 14.0. The van der Waals surface area contributed by atoms with E-state index in [-0.39, 0.29) is 41.2 Å². The van der Waals surface area contributed by atoms with Crippen LogP contribution < -0.4 is 16.0 Å². The van der Waals surface area contributed by atoms with Gasteiger partial charge in [0, 0.05) is 51.7 Å². The summed E-state index contributed by atoms with van der Waals surface area (Å²) in [4.78, 5) is 32.1. The second-order valence-corrected chi connectivity index (χ2v) is 8.25. The number of amides is 2. The predicted octanol–water partition coefficient (Wildman–Crippen LogP) is 0.874. The van der Waals surface area contributed by atoms with Crippen LogP contribution in [0.3, 0.4) is 0 Å². The summed E-state index contributed by atoms with van der Waals surface area (Å²) in [7, 11) is 3.58. The molecule has 1 heterocycles. The molecule has 1 saturated heterocycles. The smallest absolute Gasteiger partial charge is 0.236 e. The van der Waals surface area contributed by atoms with Crippen LogP contribution in [0.4, 0.5) is 0 Å². The molecule has 164 valence electrons. The summed E-state index contributed by atoms with van der Waals surface area (Å²) < 4.78 is 0. The van der Waals surface area contributed by atoms with Gasteiger partial charge in [0.15, 0.2) is 5.96 Å². The van der Waals surface area contributed by atoms with E-state index in [4.69, 9.17) is 0 Å². The number of likely N-dealkylation sites (N-methyl/N-ethyl adjacent to an activating group) is 1. The van der Waals surface area contributed by atoms with Gasteiger partial charge in [-0.15, -0.1) is 24.0 Å². The highest BCUT2D eigenvalue weighted by Gasteiger charge is 2.22. The minimum Gasteiger partial charge on any atom is -0.357 e. The Hall–Kier alpha value is -1.10. The molecule has 1 aliphatic heterocycles. The SMILES string of the molecule is CCNC(=NCCNC(=O)C(C)(C)C)NC1CCN(CC(=O)N(C)C)CC1.I. The van der Waals surface area contributed by atoms with Crippen LogP contribution in [0, 0.1) is 5.41 Å². The van der Waals surface area contributed by atoms with Gasteiger partial charge >= 0.3 is 0 Å². The number of carbonyl (C=O) groups is 2. The van der Waals surface area contributed by atoms with Crippen molar-refractivity contribution in [1.29, 1.82) is 0 Å². The third kappa shape index (κ3) is 10.4. The second kappa shape index (κ2) is 13.2. The number of guanidine groups is 1. The number of aliphatic imine (C=N–C) groups is 1. The molecular formula is C19H39IN6O2. The highest BCUT2D eigenvalue weighted by Crippen LogP contribution is 2.12. The summed E-state index contributed by atoms with van der Waals surface area (Å²) in [6.07, 6.45) is 1.96. The molecule has 0 saturated carbocycles. The molecule has 1 rings (SSSR count). The van der Waals surface area contributed by atoms with Crippen LogP contribution in [-0.4, -0.2) is 87.0 Å². The Balaban J connectivity index is 0.00000729. The van der Waals surface area contributed by atoms with E-state index in [0.29, 0.717) is 25.7 Å². The lowest BCUT2D eigenvalue weighted by Gasteiger charge is -2.33. The molecule has 0 aromatic carbocycles. The molecule has 1 aliphatic rings. The molecule has 0 aromatic rings. The first-order valence-electron chi connectivity index (χ1n) is 9.89. The zero-order valence-electron chi connectivity index (χ0n) is 18.3. The van der Waals surface area contributed by atoms with Crippen LogP contribution in [0.25, 0.3) is 0 Å². The van der Waals surface area contributed by atoms with E-state index in [1.54, 1.807) is 19.0 Å². The molecule has 9 heteroatoms. The van der Waals surface area contributed by atoms with Crippen molar-refractivity contribution in [3.05, 3.63) is 0 Å². The fourth-order valence-electron chi connectivity index (χ4n) is 2.68. The largest absolute Gasteiger partial charge is 0.357 e. The second-order valence-electron chi connectivity index (χ2n) is 8.25. The van der Waals surface area contributed by atoms with Crippen molar-refractivity contribution in [3.8, 4) is 0 Å². The fraction of sp³-hybridized carbons (Fsp3) is 0.842. The molecule has 2 amide bonds. The number of likely N-dealkylation sites (tertiary alicyclic amines) is 1. The van der Waals surface area contributed by atoms with E-state index in [2.05, 4.69) is 25.8 Å². The van der Waals surface area contributed by atoms with Crippen molar-refractivity contribution >= 4 is 41.8 Å². The Morgan fingerprint density at radius 2 is 1.75 bits per heavy atom. The summed E-state index contributed by atoms with van der Waals surface area (Å²) >= 11 is 0. The van der Waals surface area contributed by atoms with Crippen molar-refractivity contribution in [2.24, 2.45) is 10.4 Å². The van der Waals surface area contributed by atoms with E-state index in [1.165, 1.54) is 0 Å². The van der Waals surface area contributed by atoms with Crippen molar-refractivity contribution in [2.45, 2.75) is 46.6 Å². The molecule has 28 heavy (non-hydrogen) atoms. The average Bonchev–Trinajstić information content (AvgIpc) is 2.59. The van der Waals surface area contributed by atoms with Crippen LogP contribution in [0.2, 0.25) is 0 Å². The van der Waals surface area contributed by atoms with Crippen LogP contribution in [0.15, 0.2) is 4.99 Å². The number of piperidine rings is 1. The standard InChI is InChI=1S/C19H38N6O2.HI/c1-7-20-18(22-11-10-21-17(27)19(2,3)4)23-15-8-12-25(13-9-15)14-16(26)24(5)6;/h15H,7-14H2,1-6H3,(H,21,27)(H2,20,22,23);1H. The Morgan fingerprint density at radius 3 is 2.25 bits per heavy atom. The van der Waals surface area contributed by atoms with Gasteiger partial charge in [0.25, 0.3) is 0 Å². The first-order valence-corrected chi connectivity index (χ1v) is 9.89. The van der Waals surface area contributed by atoms with Crippen molar-refractivity contribution in [1.82, 2.24) is 25.8 Å². The number of carbonyl (C=O) groups excluding carboxylic acids is 2. The maximum atomic E-state index is 11.9. The molecule has 0 radical (unpaired) electrons. The van der Waals surface area contributed by atoms with E-state index < -0.39 is 0 Å². The number of nitrogens with zero attached hydrogens (tertiary/aromatic N) is 3. The van der Waals surface area contributed by atoms with Gasteiger partial charge in [-0.1, -0.05) is 20.8 Å². The minimum atomic E-state index is -0.381. The number of rotatable bonds is 7. The Morgan fingerprint density at radius 1 is 1.14 bits per heavy atom. The maximum absolute atomic E-state index is 11.9. The van der Waals surface area contributed by atoms with E-state index >= 15 is 0 Å². The van der Waals surface area contributed by atoms with Crippen LogP contribution >= 0.6 is 24.0 Å². The van der Waals surface area contributed by atoms with Crippen molar-refractivity contribution in [2.75, 3.05) is 53.4 Å². The number of nitrogens with one attached hydrogen (secondary N) is 3. The van der Waals surface area contributed by atoms with Crippen LogP contribution in [0.1, 0.15) is 40.5 Å². The van der Waals surface area contributed by atoms with E-state index in [9.17, 15) is 9.59 Å². The Kier molecular flexibility index (Phi) is 12.7. The molecule has 1 fully saturated rings. The third-order valence-corrected chi connectivity index (χ3v) is 4.48. The van der Waals surface area contributed by atoms with Gasteiger partial charge in [0.05, 0.1) is 13.1 Å². The highest BCUT2D eigenvalue weighted by atomic mass is 127. The first kappa shape index (κ1) is 26.9. The zero-order chi connectivity index (χ0) is 20.4. The Labute approximate surface area is 187 Å². The van der Waals surface area contributed by atoms with Crippen LogP contribution in [0.5, 0.6) is 0 Å². The zero-order valence-corrected chi connectivity index (χ0v) is 20.6. The monoisotopic (exact) mass is 510 g/mol. The fourth-order valence-corrected chi connectivity index (χ4v) is 2.68. The van der Waals surface area contributed by atoms with Gasteiger partial charge in [-0.2, -0.15) is 0 Å².